The molecule has 4 rings (SSSR count). The van der Waals surface area contributed by atoms with E-state index in [-0.39, 0.29) is 32.2 Å². The molecule has 3 aromatic carbocycles. The van der Waals surface area contributed by atoms with Crippen molar-refractivity contribution in [3.8, 4) is 0 Å². The molecule has 0 aromatic heterocycles. The van der Waals surface area contributed by atoms with Gasteiger partial charge in [0.1, 0.15) is 0 Å². The number of hydrogen-bond donors (Lipinski definition) is 1. The van der Waals surface area contributed by atoms with Crippen LogP contribution >= 0.6 is 0 Å². The lowest BCUT2D eigenvalue weighted by Crippen LogP contribution is -2.31. The number of carbonyl (C=O) groups is 1. The van der Waals surface area contributed by atoms with Crippen LogP contribution in [-0.2, 0) is 25.5 Å². The number of sulfonamides is 2. The Morgan fingerprint density at radius 2 is 1.29 bits per heavy atom. The van der Waals surface area contributed by atoms with E-state index in [4.69, 9.17) is 0 Å². The molecule has 0 heterocycles. The first-order valence-electron chi connectivity index (χ1n) is 10.8. The standard InChI is InChI=1S/C26H24N2O5S2/c1-26(2,3)18-13-15-20(16-14-18)35(32,33)27-23-17-24(25(29)22-12-8-7-11-21(22)23)28-34(30,31)19-9-5-4-6-10-19/h4-17,28H,1-3H3/b27-23-. The fourth-order valence-corrected chi connectivity index (χ4v) is 5.66. The fourth-order valence-electron chi connectivity index (χ4n) is 3.59. The summed E-state index contributed by atoms with van der Waals surface area (Å²) in [6.45, 7) is 6.07. The van der Waals surface area contributed by atoms with Crippen molar-refractivity contribution in [1.82, 2.24) is 4.72 Å². The Hall–Kier alpha value is -3.56. The van der Waals surface area contributed by atoms with E-state index in [2.05, 4.69) is 9.12 Å². The quantitative estimate of drug-likeness (QED) is 0.555. The number of fused-ring (bicyclic) bond motifs is 1. The van der Waals surface area contributed by atoms with Crippen LogP contribution in [0.4, 0.5) is 0 Å². The molecule has 1 aliphatic rings. The molecule has 0 fully saturated rings. The second-order valence-electron chi connectivity index (χ2n) is 9.08. The Bertz CT molecular complexity index is 1560. The third-order valence-corrected chi connectivity index (χ3v) is 8.19. The summed E-state index contributed by atoms with van der Waals surface area (Å²) < 4.78 is 58.2. The first kappa shape index (κ1) is 24.6. The smallest absolute Gasteiger partial charge is 0.282 e. The van der Waals surface area contributed by atoms with E-state index < -0.39 is 25.8 Å². The van der Waals surface area contributed by atoms with E-state index in [9.17, 15) is 21.6 Å². The number of benzene rings is 3. The maximum atomic E-state index is 13.1. The molecular weight excluding hydrogens is 484 g/mol. The summed E-state index contributed by atoms with van der Waals surface area (Å²) in [5.41, 5.74) is 0.947. The number of ketones is 1. The molecule has 0 radical (unpaired) electrons. The Balaban J connectivity index is 1.78. The Kier molecular flexibility index (Phi) is 6.25. The third-order valence-electron chi connectivity index (χ3n) is 5.51. The molecule has 1 N–H and O–H groups in total. The van der Waals surface area contributed by atoms with Crippen LogP contribution in [0.3, 0.4) is 0 Å². The van der Waals surface area contributed by atoms with Crippen molar-refractivity contribution in [1.29, 1.82) is 0 Å². The van der Waals surface area contributed by atoms with Crippen molar-refractivity contribution in [3.63, 3.8) is 0 Å². The summed E-state index contributed by atoms with van der Waals surface area (Å²) in [6.07, 6.45) is 1.16. The van der Waals surface area contributed by atoms with E-state index in [1.165, 1.54) is 30.3 Å². The summed E-state index contributed by atoms with van der Waals surface area (Å²) in [6, 6.07) is 20.4. The second-order valence-corrected chi connectivity index (χ2v) is 12.4. The highest BCUT2D eigenvalue weighted by Gasteiger charge is 2.29. The Morgan fingerprint density at radius 3 is 1.89 bits per heavy atom. The molecule has 35 heavy (non-hydrogen) atoms. The van der Waals surface area contributed by atoms with Crippen molar-refractivity contribution in [2.24, 2.45) is 4.40 Å². The molecule has 0 saturated carbocycles. The number of allylic oxidation sites excluding steroid dienone is 2. The molecule has 9 heteroatoms. The lowest BCUT2D eigenvalue weighted by molar-refractivity contribution is 0.102. The van der Waals surface area contributed by atoms with Gasteiger partial charge in [-0.3, -0.25) is 9.52 Å². The van der Waals surface area contributed by atoms with Gasteiger partial charge in [0.15, 0.2) is 0 Å². The minimum atomic E-state index is -4.15. The van der Waals surface area contributed by atoms with Crippen molar-refractivity contribution >= 4 is 31.5 Å². The van der Waals surface area contributed by atoms with Crippen LogP contribution in [0.25, 0.3) is 0 Å². The van der Waals surface area contributed by atoms with Crippen molar-refractivity contribution in [2.45, 2.75) is 36.0 Å². The van der Waals surface area contributed by atoms with Gasteiger partial charge in [0.2, 0.25) is 5.78 Å². The molecule has 7 nitrogen and oxygen atoms in total. The highest BCUT2D eigenvalue weighted by atomic mass is 32.2. The SMILES string of the molecule is CC(C)(C)c1ccc(S(=O)(=O)/N=C2/C=C(NS(=O)(=O)c3ccccc3)C(=O)c3ccccc32)cc1. The first-order valence-corrected chi connectivity index (χ1v) is 13.7. The van der Waals surface area contributed by atoms with Gasteiger partial charge >= 0.3 is 0 Å². The molecule has 0 atom stereocenters. The maximum Gasteiger partial charge on any atom is 0.282 e. The minimum absolute atomic E-state index is 0.00722. The number of rotatable bonds is 5. The summed E-state index contributed by atoms with van der Waals surface area (Å²) in [4.78, 5) is 13.0. The second kappa shape index (κ2) is 8.90. The topological polar surface area (TPSA) is 110 Å². The highest BCUT2D eigenvalue weighted by Crippen LogP contribution is 2.26. The molecule has 1 aliphatic carbocycles. The fraction of sp³-hybridized carbons (Fsp3) is 0.154. The lowest BCUT2D eigenvalue weighted by atomic mass is 9.87. The lowest BCUT2D eigenvalue weighted by Gasteiger charge is -2.19. The third kappa shape index (κ3) is 5.11. The Labute approximate surface area is 205 Å². The van der Waals surface area contributed by atoms with Gasteiger partial charge in [-0.05, 0) is 41.3 Å². The van der Waals surface area contributed by atoms with Crippen LogP contribution < -0.4 is 4.72 Å². The predicted molar refractivity (Wildman–Crippen MR) is 134 cm³/mol. The zero-order valence-electron chi connectivity index (χ0n) is 19.4. The molecule has 0 unspecified atom stereocenters. The van der Waals surface area contributed by atoms with Crippen LogP contribution in [-0.4, -0.2) is 28.3 Å². The van der Waals surface area contributed by atoms with Gasteiger partial charge in [-0.1, -0.05) is 75.4 Å². The van der Waals surface area contributed by atoms with E-state index >= 15 is 0 Å². The summed E-state index contributed by atoms with van der Waals surface area (Å²) in [5, 5.41) is 0. The predicted octanol–water partition coefficient (Wildman–Crippen LogP) is 4.22. The first-order chi connectivity index (χ1) is 16.4. The average Bonchev–Trinajstić information content (AvgIpc) is 2.82. The number of Topliss-reactive ketones (excluding diaryl/α,β-unsaturated/α-hetero) is 1. The van der Waals surface area contributed by atoms with Crippen LogP contribution in [0.5, 0.6) is 0 Å². The molecule has 0 amide bonds. The van der Waals surface area contributed by atoms with Crippen LogP contribution in [0.1, 0.15) is 42.3 Å². The molecule has 0 aliphatic heterocycles. The minimum Gasteiger partial charge on any atom is -0.287 e. The van der Waals surface area contributed by atoms with Crippen molar-refractivity contribution in [2.75, 3.05) is 0 Å². The van der Waals surface area contributed by atoms with Crippen LogP contribution in [0.15, 0.2) is 105 Å². The molecule has 0 bridgehead atoms. The average molecular weight is 509 g/mol. The van der Waals surface area contributed by atoms with Gasteiger partial charge < -0.3 is 0 Å². The Morgan fingerprint density at radius 1 is 0.714 bits per heavy atom. The van der Waals surface area contributed by atoms with Crippen molar-refractivity contribution in [3.05, 3.63) is 107 Å². The van der Waals surface area contributed by atoms with E-state index in [1.807, 2.05) is 20.8 Å². The van der Waals surface area contributed by atoms with Gasteiger partial charge in [0.25, 0.3) is 20.0 Å². The van der Waals surface area contributed by atoms with Gasteiger partial charge in [0.05, 0.1) is 21.2 Å². The normalized spacial score (nSPS) is 15.5. The van der Waals surface area contributed by atoms with Crippen molar-refractivity contribution < 1.29 is 21.6 Å². The van der Waals surface area contributed by atoms with Gasteiger partial charge in [0, 0.05) is 11.1 Å². The summed E-state index contributed by atoms with van der Waals surface area (Å²) in [5.74, 6) is -0.578. The largest absolute Gasteiger partial charge is 0.287 e. The van der Waals surface area contributed by atoms with Gasteiger partial charge in [-0.15, -0.1) is 0 Å². The monoisotopic (exact) mass is 508 g/mol. The van der Waals surface area contributed by atoms with E-state index in [0.29, 0.717) is 5.56 Å². The summed E-state index contributed by atoms with van der Waals surface area (Å²) >= 11 is 0. The zero-order chi connectivity index (χ0) is 25.4. The van der Waals surface area contributed by atoms with Gasteiger partial charge in [-0.2, -0.15) is 12.8 Å². The maximum absolute atomic E-state index is 13.1. The highest BCUT2D eigenvalue weighted by molar-refractivity contribution is 7.90. The number of nitrogens with zero attached hydrogens (tertiary/aromatic N) is 1. The summed E-state index contributed by atoms with van der Waals surface area (Å²) in [7, 11) is -8.22. The molecular formula is C26H24N2O5S2. The van der Waals surface area contributed by atoms with E-state index in [0.717, 1.165) is 11.6 Å². The number of carbonyl (C=O) groups excluding carboxylic acids is 1. The van der Waals surface area contributed by atoms with E-state index in [1.54, 1.807) is 48.5 Å². The molecule has 0 saturated heterocycles. The molecule has 0 spiro atoms. The number of nitrogens with one attached hydrogen (secondary N) is 1. The molecule has 3 aromatic rings. The molecule has 180 valence electrons. The zero-order valence-corrected chi connectivity index (χ0v) is 21.0. The van der Waals surface area contributed by atoms with Gasteiger partial charge in [-0.25, -0.2) is 8.42 Å². The van der Waals surface area contributed by atoms with Crippen LogP contribution in [0.2, 0.25) is 0 Å². The van der Waals surface area contributed by atoms with Crippen LogP contribution in [0, 0.1) is 0 Å². The number of hydrogen-bond acceptors (Lipinski definition) is 5.